The van der Waals surface area contributed by atoms with Crippen molar-refractivity contribution in [3.63, 3.8) is 0 Å². The Morgan fingerprint density at radius 3 is 2.15 bits per heavy atom. The van der Waals surface area contributed by atoms with Gasteiger partial charge < -0.3 is 24.8 Å². The Kier molecular flexibility index (Phi) is 7.65. The van der Waals surface area contributed by atoms with Gasteiger partial charge in [-0.05, 0) is 65.3 Å². The van der Waals surface area contributed by atoms with Gasteiger partial charge in [0.25, 0.3) is 0 Å². The molecule has 2 N–H and O–H groups in total. The van der Waals surface area contributed by atoms with Crippen molar-refractivity contribution < 1.29 is 23.8 Å². The van der Waals surface area contributed by atoms with E-state index >= 15 is 0 Å². The van der Waals surface area contributed by atoms with E-state index in [4.69, 9.17) is 19.9 Å². The number of hydrogen-bond acceptors (Lipinski definition) is 6. The lowest BCUT2D eigenvalue weighted by Gasteiger charge is -2.28. The molecule has 0 unspecified atom stereocenters. The minimum absolute atomic E-state index is 0.195. The van der Waals surface area contributed by atoms with Crippen molar-refractivity contribution in [2.45, 2.75) is 59.3 Å². The van der Waals surface area contributed by atoms with Gasteiger partial charge in [-0.1, -0.05) is 0 Å². The van der Waals surface area contributed by atoms with E-state index in [1.807, 2.05) is 0 Å². The number of esters is 1. The summed E-state index contributed by atoms with van der Waals surface area (Å²) in [6.07, 6.45) is -0.471. The number of carbonyl (C=O) groups is 2. The summed E-state index contributed by atoms with van der Waals surface area (Å²) in [5.74, 6) is -0.440. The Hall–Kier alpha value is -2.28. The molecule has 0 aliphatic rings. The highest BCUT2D eigenvalue weighted by Gasteiger charge is 2.24. The highest BCUT2D eigenvalue weighted by atomic mass is 16.6. The van der Waals surface area contributed by atoms with Crippen LogP contribution in [0, 0.1) is 0 Å². The monoisotopic (exact) mass is 380 g/mol. The van der Waals surface area contributed by atoms with Gasteiger partial charge in [0.2, 0.25) is 0 Å². The number of methoxy groups -OCH3 is 1. The van der Waals surface area contributed by atoms with Crippen LogP contribution in [0.5, 0.6) is 0 Å². The first-order valence-electron chi connectivity index (χ1n) is 8.91. The number of nitrogens with zero attached hydrogens (tertiary/aromatic N) is 1. The van der Waals surface area contributed by atoms with Gasteiger partial charge in [0.1, 0.15) is 11.2 Å². The maximum atomic E-state index is 12.5. The van der Waals surface area contributed by atoms with Crippen LogP contribution in [0.3, 0.4) is 0 Å². The summed E-state index contributed by atoms with van der Waals surface area (Å²) in [5, 5.41) is 0. The second-order valence-electron chi connectivity index (χ2n) is 8.31. The van der Waals surface area contributed by atoms with Crippen molar-refractivity contribution in [1.82, 2.24) is 4.90 Å². The van der Waals surface area contributed by atoms with Crippen molar-refractivity contribution in [2.75, 3.05) is 26.0 Å². The summed E-state index contributed by atoms with van der Waals surface area (Å²) in [6, 6.07) is 4.89. The van der Waals surface area contributed by atoms with Crippen LogP contribution in [0.4, 0.5) is 10.5 Å². The molecule has 0 aliphatic carbocycles. The number of hydrogen-bond donors (Lipinski definition) is 1. The predicted molar refractivity (Wildman–Crippen MR) is 105 cm³/mol. The number of amides is 1. The van der Waals surface area contributed by atoms with Crippen molar-refractivity contribution >= 4 is 17.7 Å². The molecule has 0 bridgehead atoms. The van der Waals surface area contributed by atoms with E-state index in [1.165, 1.54) is 4.90 Å². The van der Waals surface area contributed by atoms with E-state index in [9.17, 15) is 9.59 Å². The summed E-state index contributed by atoms with van der Waals surface area (Å²) >= 11 is 0. The fourth-order valence-electron chi connectivity index (χ4n) is 2.18. The third-order valence-electron chi connectivity index (χ3n) is 3.36. The molecule has 27 heavy (non-hydrogen) atoms. The zero-order valence-electron chi connectivity index (χ0n) is 17.4. The molecule has 0 heterocycles. The maximum absolute atomic E-state index is 12.5. The molecule has 7 nitrogen and oxygen atoms in total. The topological polar surface area (TPSA) is 91.1 Å². The van der Waals surface area contributed by atoms with E-state index in [1.54, 1.807) is 66.9 Å². The van der Waals surface area contributed by atoms with E-state index in [2.05, 4.69) is 0 Å². The maximum Gasteiger partial charge on any atom is 0.410 e. The van der Waals surface area contributed by atoms with Gasteiger partial charge in [-0.2, -0.15) is 0 Å². The zero-order chi connectivity index (χ0) is 20.8. The molecule has 0 radical (unpaired) electrons. The smallest absolute Gasteiger partial charge is 0.410 e. The molecular weight excluding hydrogens is 348 g/mol. The minimum Gasteiger partial charge on any atom is -0.456 e. The molecule has 1 aromatic rings. The standard InChI is InChI=1S/C20H32N2O5/c1-19(2,3)26-17(23)14-8-9-16(21)15(12-14)13-22(10-11-25-7)18(24)27-20(4,5)6/h8-9,12H,10-11,13,21H2,1-7H3. The van der Waals surface area contributed by atoms with Crippen molar-refractivity contribution in [3.8, 4) is 0 Å². The molecular formula is C20H32N2O5. The van der Waals surface area contributed by atoms with Crippen LogP contribution in [0.2, 0.25) is 0 Å². The molecule has 0 saturated heterocycles. The Morgan fingerprint density at radius 1 is 1.04 bits per heavy atom. The van der Waals surface area contributed by atoms with E-state index < -0.39 is 23.3 Å². The normalized spacial score (nSPS) is 11.8. The average molecular weight is 380 g/mol. The lowest BCUT2D eigenvalue weighted by Crippen LogP contribution is -2.38. The lowest BCUT2D eigenvalue weighted by atomic mass is 10.1. The number of nitrogens with two attached hydrogens (primary N) is 1. The zero-order valence-corrected chi connectivity index (χ0v) is 17.4. The molecule has 0 saturated carbocycles. The van der Waals surface area contributed by atoms with E-state index in [-0.39, 0.29) is 6.54 Å². The number of nitrogen functional groups attached to an aromatic ring is 1. The van der Waals surface area contributed by atoms with Gasteiger partial charge in [-0.3, -0.25) is 0 Å². The minimum atomic E-state index is -0.619. The molecule has 0 spiro atoms. The first-order valence-corrected chi connectivity index (χ1v) is 8.91. The summed E-state index contributed by atoms with van der Waals surface area (Å²) in [5.41, 5.74) is 6.34. The van der Waals surface area contributed by atoms with Crippen LogP contribution in [0.15, 0.2) is 18.2 Å². The number of ether oxygens (including phenoxy) is 3. The molecule has 0 atom stereocenters. The quantitative estimate of drug-likeness (QED) is 0.599. The summed E-state index contributed by atoms with van der Waals surface area (Å²) in [6.45, 7) is 11.7. The van der Waals surface area contributed by atoms with Crippen molar-refractivity contribution in [2.24, 2.45) is 0 Å². The van der Waals surface area contributed by atoms with Crippen LogP contribution < -0.4 is 5.73 Å². The molecule has 7 heteroatoms. The predicted octanol–water partition coefficient (Wildman–Crippen LogP) is 3.61. The molecule has 0 aromatic heterocycles. The van der Waals surface area contributed by atoms with Crippen molar-refractivity contribution in [1.29, 1.82) is 0 Å². The van der Waals surface area contributed by atoms with Gasteiger partial charge in [-0.15, -0.1) is 0 Å². The van der Waals surface area contributed by atoms with Crippen LogP contribution in [-0.4, -0.2) is 48.4 Å². The lowest BCUT2D eigenvalue weighted by molar-refractivity contribution is 0.00692. The van der Waals surface area contributed by atoms with Gasteiger partial charge in [0.15, 0.2) is 0 Å². The molecule has 1 amide bonds. The van der Waals surface area contributed by atoms with E-state index in [0.717, 1.165) is 0 Å². The first kappa shape index (κ1) is 22.8. The number of carbonyl (C=O) groups excluding carboxylic acids is 2. The Labute approximate surface area is 161 Å². The van der Waals surface area contributed by atoms with Crippen LogP contribution in [0.25, 0.3) is 0 Å². The fourth-order valence-corrected chi connectivity index (χ4v) is 2.18. The van der Waals surface area contributed by atoms with Gasteiger partial charge in [0, 0.05) is 19.3 Å². The fraction of sp³-hybridized carbons (Fsp3) is 0.600. The Morgan fingerprint density at radius 2 is 1.63 bits per heavy atom. The van der Waals surface area contributed by atoms with Crippen LogP contribution >= 0.6 is 0 Å². The summed E-state index contributed by atoms with van der Waals surface area (Å²) in [7, 11) is 1.56. The van der Waals surface area contributed by atoms with Crippen LogP contribution in [0.1, 0.15) is 57.5 Å². The number of benzene rings is 1. The first-order chi connectivity index (χ1) is 12.3. The van der Waals surface area contributed by atoms with Gasteiger partial charge >= 0.3 is 12.1 Å². The highest BCUT2D eigenvalue weighted by Crippen LogP contribution is 2.20. The molecule has 1 aromatic carbocycles. The SMILES string of the molecule is COCCN(Cc1cc(C(=O)OC(C)(C)C)ccc1N)C(=O)OC(C)(C)C. The highest BCUT2D eigenvalue weighted by molar-refractivity contribution is 5.90. The van der Waals surface area contributed by atoms with Gasteiger partial charge in [0.05, 0.1) is 18.7 Å². The Bertz CT molecular complexity index is 659. The van der Waals surface area contributed by atoms with Crippen LogP contribution in [-0.2, 0) is 20.8 Å². The van der Waals surface area contributed by atoms with Crippen molar-refractivity contribution in [3.05, 3.63) is 29.3 Å². The summed E-state index contributed by atoms with van der Waals surface area (Å²) in [4.78, 5) is 26.3. The second kappa shape index (κ2) is 9.08. The number of rotatable bonds is 6. The molecule has 0 aliphatic heterocycles. The molecule has 152 valence electrons. The molecule has 0 fully saturated rings. The third kappa shape index (κ3) is 8.30. The third-order valence-corrected chi connectivity index (χ3v) is 3.36. The van der Waals surface area contributed by atoms with Gasteiger partial charge in [-0.25, -0.2) is 9.59 Å². The molecule has 1 rings (SSSR count). The largest absolute Gasteiger partial charge is 0.456 e. The Balaban J connectivity index is 3.04. The number of anilines is 1. The average Bonchev–Trinajstić information content (AvgIpc) is 2.49. The van der Waals surface area contributed by atoms with E-state index in [0.29, 0.717) is 30.0 Å². The summed E-state index contributed by atoms with van der Waals surface area (Å²) < 4.78 is 15.9. The second-order valence-corrected chi connectivity index (χ2v) is 8.31.